The lowest BCUT2D eigenvalue weighted by molar-refractivity contribution is 0.477. The van der Waals surface area contributed by atoms with E-state index in [1.165, 1.54) is 0 Å². The summed E-state index contributed by atoms with van der Waals surface area (Å²) in [4.78, 5) is 11.7. The first-order valence-corrected chi connectivity index (χ1v) is 5.83. The number of nitrogens with zero attached hydrogens (tertiary/aromatic N) is 2. The van der Waals surface area contributed by atoms with Crippen molar-refractivity contribution in [3.63, 3.8) is 0 Å². The highest BCUT2D eigenvalue weighted by Crippen LogP contribution is 2.31. The number of H-pyrrole nitrogens is 1. The fourth-order valence-electron chi connectivity index (χ4n) is 1.86. The molecule has 2 N–H and O–H groups in total. The molecule has 0 aliphatic heterocycles. The zero-order chi connectivity index (χ0) is 12.7. The molecule has 0 atom stereocenters. The number of aryl methyl sites for hydroxylation is 1. The van der Waals surface area contributed by atoms with Gasteiger partial charge in [0.1, 0.15) is 11.6 Å². The van der Waals surface area contributed by atoms with Gasteiger partial charge in [-0.2, -0.15) is 0 Å². The lowest BCUT2D eigenvalue weighted by Crippen LogP contribution is -1.81. The highest BCUT2D eigenvalue weighted by Gasteiger charge is 2.11. The first-order chi connectivity index (χ1) is 8.65. The van der Waals surface area contributed by atoms with Crippen molar-refractivity contribution in [3.05, 3.63) is 41.0 Å². The molecule has 4 nitrogen and oxygen atoms in total. The maximum absolute atomic E-state index is 9.84. The van der Waals surface area contributed by atoms with Gasteiger partial charge < -0.3 is 10.1 Å². The van der Waals surface area contributed by atoms with Crippen LogP contribution in [0, 0.1) is 6.92 Å². The first-order valence-electron chi connectivity index (χ1n) is 5.45. The Morgan fingerprint density at radius 3 is 2.89 bits per heavy atom. The third-order valence-electron chi connectivity index (χ3n) is 2.81. The summed E-state index contributed by atoms with van der Waals surface area (Å²) in [6, 6.07) is 6.75. The van der Waals surface area contributed by atoms with Gasteiger partial charge in [-0.15, -0.1) is 0 Å². The number of benzene rings is 1. The second-order valence-corrected chi connectivity index (χ2v) is 4.51. The van der Waals surface area contributed by atoms with Crippen LogP contribution < -0.4 is 0 Å². The number of aromatic amines is 1. The van der Waals surface area contributed by atoms with Gasteiger partial charge in [0.2, 0.25) is 0 Å². The number of rotatable bonds is 1. The predicted molar refractivity (Wildman–Crippen MR) is 70.7 cm³/mol. The number of phenols is 1. The number of hydrogen-bond donors (Lipinski definition) is 2. The molecule has 1 aromatic carbocycles. The van der Waals surface area contributed by atoms with Gasteiger partial charge in [-0.3, -0.25) is 0 Å². The molecule has 0 amide bonds. The molecule has 3 rings (SSSR count). The van der Waals surface area contributed by atoms with Crippen LogP contribution in [0.2, 0.25) is 5.02 Å². The molecule has 2 aromatic heterocycles. The summed E-state index contributed by atoms with van der Waals surface area (Å²) in [6.45, 7) is 1.98. The molecule has 0 spiro atoms. The van der Waals surface area contributed by atoms with E-state index in [1.54, 1.807) is 24.4 Å². The van der Waals surface area contributed by atoms with Crippen molar-refractivity contribution in [3.8, 4) is 17.1 Å². The molecule has 18 heavy (non-hydrogen) atoms. The van der Waals surface area contributed by atoms with Crippen molar-refractivity contribution in [2.24, 2.45) is 0 Å². The molecule has 0 saturated carbocycles. The lowest BCUT2D eigenvalue weighted by atomic mass is 10.2. The fraction of sp³-hybridized carbons (Fsp3) is 0.0769. The van der Waals surface area contributed by atoms with Gasteiger partial charge in [-0.1, -0.05) is 11.6 Å². The summed E-state index contributed by atoms with van der Waals surface area (Å²) in [5, 5.41) is 10.4. The van der Waals surface area contributed by atoms with Crippen LogP contribution in [-0.2, 0) is 0 Å². The number of fused-ring (bicyclic) bond motifs is 1. The molecular formula is C13H10ClN3O. The summed E-state index contributed by atoms with van der Waals surface area (Å²) >= 11 is 5.93. The van der Waals surface area contributed by atoms with Crippen molar-refractivity contribution in [2.75, 3.05) is 0 Å². The Labute approximate surface area is 108 Å². The van der Waals surface area contributed by atoms with Crippen molar-refractivity contribution < 1.29 is 5.11 Å². The van der Waals surface area contributed by atoms with Gasteiger partial charge in [-0.05, 0) is 36.8 Å². The lowest BCUT2D eigenvalue weighted by Gasteiger charge is -2.01. The van der Waals surface area contributed by atoms with E-state index in [-0.39, 0.29) is 5.75 Å². The van der Waals surface area contributed by atoms with Crippen molar-refractivity contribution in [2.45, 2.75) is 6.92 Å². The standard InChI is InChI=1S/C13H10ClN3O/c1-7-4-5-15-13-11(7)16-12(17-13)9-6-8(14)2-3-10(9)18/h2-6,18H,1H3,(H,15,16,17). The molecule has 90 valence electrons. The molecule has 2 heterocycles. The van der Waals surface area contributed by atoms with Crippen LogP contribution in [0.5, 0.6) is 5.75 Å². The molecule has 0 bridgehead atoms. The Balaban J connectivity index is 2.26. The maximum atomic E-state index is 9.84. The molecule has 0 saturated heterocycles. The summed E-state index contributed by atoms with van der Waals surface area (Å²) in [5.74, 6) is 0.697. The molecule has 0 radical (unpaired) electrons. The van der Waals surface area contributed by atoms with Gasteiger partial charge in [0.25, 0.3) is 0 Å². The Morgan fingerprint density at radius 2 is 2.11 bits per heavy atom. The average Bonchev–Trinajstić information content (AvgIpc) is 2.77. The third kappa shape index (κ3) is 1.71. The summed E-state index contributed by atoms with van der Waals surface area (Å²) < 4.78 is 0. The largest absolute Gasteiger partial charge is 0.507 e. The van der Waals surface area contributed by atoms with Crippen molar-refractivity contribution >= 4 is 22.8 Å². The first kappa shape index (κ1) is 11.0. The molecule has 0 unspecified atom stereocenters. The highest BCUT2D eigenvalue weighted by molar-refractivity contribution is 6.30. The number of halogens is 1. The average molecular weight is 260 g/mol. The number of hydrogen-bond acceptors (Lipinski definition) is 3. The van der Waals surface area contributed by atoms with Gasteiger partial charge >= 0.3 is 0 Å². The van der Waals surface area contributed by atoms with E-state index in [0.717, 1.165) is 11.1 Å². The van der Waals surface area contributed by atoms with Crippen LogP contribution in [0.25, 0.3) is 22.6 Å². The van der Waals surface area contributed by atoms with E-state index in [4.69, 9.17) is 11.6 Å². The van der Waals surface area contributed by atoms with Gasteiger partial charge in [0.05, 0.1) is 11.1 Å². The number of aromatic hydroxyl groups is 1. The molecule has 0 aliphatic rings. The summed E-state index contributed by atoms with van der Waals surface area (Å²) in [5.41, 5.74) is 3.12. The normalized spacial score (nSPS) is 11.0. The third-order valence-corrected chi connectivity index (χ3v) is 3.05. The van der Waals surface area contributed by atoms with Gasteiger partial charge in [-0.25, -0.2) is 9.97 Å². The fourth-order valence-corrected chi connectivity index (χ4v) is 2.03. The number of nitrogens with one attached hydrogen (secondary N) is 1. The van der Waals surface area contributed by atoms with E-state index in [2.05, 4.69) is 15.0 Å². The van der Waals surface area contributed by atoms with E-state index < -0.39 is 0 Å². The summed E-state index contributed by atoms with van der Waals surface area (Å²) in [6.07, 6.45) is 1.71. The minimum absolute atomic E-state index is 0.135. The van der Waals surface area contributed by atoms with E-state index in [0.29, 0.717) is 22.1 Å². The van der Waals surface area contributed by atoms with E-state index in [1.807, 2.05) is 13.0 Å². The minimum Gasteiger partial charge on any atom is -0.507 e. The topological polar surface area (TPSA) is 61.8 Å². The van der Waals surface area contributed by atoms with Crippen LogP contribution >= 0.6 is 11.6 Å². The quantitative estimate of drug-likeness (QED) is 0.705. The monoisotopic (exact) mass is 259 g/mol. The second kappa shape index (κ2) is 3.99. The van der Waals surface area contributed by atoms with Crippen LogP contribution in [0.3, 0.4) is 0 Å². The number of imidazole rings is 1. The Morgan fingerprint density at radius 1 is 1.28 bits per heavy atom. The smallest absolute Gasteiger partial charge is 0.178 e. The molecular weight excluding hydrogens is 250 g/mol. The zero-order valence-electron chi connectivity index (χ0n) is 9.61. The predicted octanol–water partition coefficient (Wildman–Crippen LogP) is 3.29. The van der Waals surface area contributed by atoms with E-state index >= 15 is 0 Å². The second-order valence-electron chi connectivity index (χ2n) is 4.07. The number of pyridine rings is 1. The molecule has 5 heteroatoms. The number of aromatic nitrogens is 3. The van der Waals surface area contributed by atoms with Crippen LogP contribution in [0.1, 0.15) is 5.56 Å². The van der Waals surface area contributed by atoms with Crippen molar-refractivity contribution in [1.29, 1.82) is 0 Å². The van der Waals surface area contributed by atoms with Crippen molar-refractivity contribution in [1.82, 2.24) is 15.0 Å². The van der Waals surface area contributed by atoms with Gasteiger partial charge in [0, 0.05) is 11.2 Å². The summed E-state index contributed by atoms with van der Waals surface area (Å²) in [7, 11) is 0. The Kier molecular flexibility index (Phi) is 2.45. The van der Waals surface area contributed by atoms with E-state index in [9.17, 15) is 5.11 Å². The van der Waals surface area contributed by atoms with Gasteiger partial charge in [0.15, 0.2) is 5.65 Å². The Bertz CT molecular complexity index is 736. The van der Waals surface area contributed by atoms with Crippen LogP contribution in [0.4, 0.5) is 0 Å². The zero-order valence-corrected chi connectivity index (χ0v) is 10.4. The number of phenolic OH excluding ortho intramolecular Hbond substituents is 1. The molecule has 0 fully saturated rings. The Hall–Kier alpha value is -2.07. The molecule has 0 aliphatic carbocycles. The minimum atomic E-state index is 0.135. The molecule has 3 aromatic rings. The van der Waals surface area contributed by atoms with Crippen LogP contribution in [0.15, 0.2) is 30.5 Å². The maximum Gasteiger partial charge on any atom is 0.178 e. The van der Waals surface area contributed by atoms with Crippen LogP contribution in [-0.4, -0.2) is 20.1 Å². The SMILES string of the molecule is Cc1ccnc2nc(-c3cc(Cl)ccc3O)[nH]c12. The highest BCUT2D eigenvalue weighted by atomic mass is 35.5.